The molecule has 0 saturated heterocycles. The average molecular weight is 542 g/mol. The van der Waals surface area contributed by atoms with E-state index in [4.69, 9.17) is 0 Å². The summed E-state index contributed by atoms with van der Waals surface area (Å²) in [5.74, 6) is -1.65. The van der Waals surface area contributed by atoms with Gasteiger partial charge in [0.1, 0.15) is 11.6 Å². The molecule has 2 aromatic rings. The molecule has 1 amide bonds. The van der Waals surface area contributed by atoms with E-state index < -0.39 is 23.8 Å². The number of carbonyl (C=O) groups excluding carboxylic acids is 1. The first-order valence-electron chi connectivity index (χ1n) is 10.7. The van der Waals surface area contributed by atoms with Gasteiger partial charge in [-0.1, -0.05) is 31.4 Å². The summed E-state index contributed by atoms with van der Waals surface area (Å²) < 4.78 is 28.4. The van der Waals surface area contributed by atoms with Crippen molar-refractivity contribution >= 4 is 28.5 Å². The molecule has 1 fully saturated rings. The van der Waals surface area contributed by atoms with Crippen LogP contribution >= 0.6 is 22.6 Å². The third-order valence-corrected chi connectivity index (χ3v) is 6.64. The number of benzene rings is 2. The van der Waals surface area contributed by atoms with E-state index in [1.54, 1.807) is 0 Å². The first-order chi connectivity index (χ1) is 14.8. The predicted octanol–water partition coefficient (Wildman–Crippen LogP) is 4.43. The molecule has 1 aliphatic rings. The fraction of sp³-hybridized carbons (Fsp3) is 0.458. The van der Waals surface area contributed by atoms with Gasteiger partial charge in [0.2, 0.25) is 5.91 Å². The van der Waals surface area contributed by atoms with Crippen LogP contribution < -0.4 is 10.6 Å². The molecule has 0 radical (unpaired) electrons. The number of hydrogen-bond donors (Lipinski definition) is 3. The van der Waals surface area contributed by atoms with Crippen LogP contribution in [0.4, 0.5) is 8.78 Å². The molecule has 1 aliphatic carbocycles. The van der Waals surface area contributed by atoms with E-state index in [0.717, 1.165) is 35.3 Å². The molecule has 0 aliphatic heterocycles. The minimum atomic E-state index is -0.920. The lowest BCUT2D eigenvalue weighted by molar-refractivity contribution is -0.120. The van der Waals surface area contributed by atoms with Gasteiger partial charge in [-0.2, -0.15) is 0 Å². The van der Waals surface area contributed by atoms with Gasteiger partial charge in [-0.25, -0.2) is 8.78 Å². The Morgan fingerprint density at radius 1 is 1.13 bits per heavy atom. The minimum absolute atomic E-state index is 0.132. The lowest BCUT2D eigenvalue weighted by Gasteiger charge is -2.40. The Morgan fingerprint density at radius 3 is 2.42 bits per heavy atom. The standard InChI is InChI=1S/C24H29F2IN2O2/c1-16(30)29-22(12-17-10-19(25)14-20(26)11-17)23(31)15-28-24(8-3-2-4-9-24)18-6-5-7-21(27)13-18/h5-7,10-11,13-14,22-23,28,31H,2-4,8-9,12,15H2,1H3,(H,29,30)/t22-,23+/m0/s1. The highest BCUT2D eigenvalue weighted by molar-refractivity contribution is 14.1. The van der Waals surface area contributed by atoms with Gasteiger partial charge in [0.05, 0.1) is 12.1 Å². The van der Waals surface area contributed by atoms with Crippen molar-refractivity contribution in [2.45, 2.75) is 63.1 Å². The van der Waals surface area contributed by atoms with E-state index in [1.165, 1.54) is 31.0 Å². The highest BCUT2D eigenvalue weighted by Gasteiger charge is 2.35. The molecule has 2 aromatic carbocycles. The zero-order valence-corrected chi connectivity index (χ0v) is 19.8. The second kappa shape index (κ2) is 10.8. The van der Waals surface area contributed by atoms with Crippen LogP contribution in [0.1, 0.15) is 50.2 Å². The summed E-state index contributed by atoms with van der Waals surface area (Å²) in [6.07, 6.45) is 4.55. The van der Waals surface area contributed by atoms with Gasteiger partial charge < -0.3 is 15.7 Å². The number of hydrogen-bond acceptors (Lipinski definition) is 3. The molecule has 168 valence electrons. The Hall–Kier alpha value is -1.58. The molecule has 3 N–H and O–H groups in total. The van der Waals surface area contributed by atoms with Crippen molar-refractivity contribution in [3.63, 3.8) is 0 Å². The molecule has 4 nitrogen and oxygen atoms in total. The summed E-state index contributed by atoms with van der Waals surface area (Å²) in [5.41, 5.74) is 1.36. The van der Waals surface area contributed by atoms with Gasteiger partial charge in [-0.05, 0) is 77.2 Å². The Kier molecular flexibility index (Phi) is 8.41. The van der Waals surface area contributed by atoms with Crippen molar-refractivity contribution < 1.29 is 18.7 Å². The monoisotopic (exact) mass is 542 g/mol. The quantitative estimate of drug-likeness (QED) is 0.433. The summed E-state index contributed by atoms with van der Waals surface area (Å²) in [6, 6.07) is 11.0. The zero-order chi connectivity index (χ0) is 22.4. The molecule has 7 heteroatoms. The summed E-state index contributed by atoms with van der Waals surface area (Å²) >= 11 is 2.31. The Balaban J connectivity index is 1.76. The Labute approximate surface area is 196 Å². The van der Waals surface area contributed by atoms with E-state index >= 15 is 0 Å². The number of rotatable bonds is 8. The summed E-state index contributed by atoms with van der Waals surface area (Å²) in [7, 11) is 0. The van der Waals surface area contributed by atoms with Crippen LogP contribution in [0, 0.1) is 15.2 Å². The minimum Gasteiger partial charge on any atom is -0.390 e. The lowest BCUT2D eigenvalue weighted by atomic mass is 9.76. The maximum Gasteiger partial charge on any atom is 0.217 e. The second-order valence-corrected chi connectivity index (χ2v) is 9.64. The summed E-state index contributed by atoms with van der Waals surface area (Å²) in [6.45, 7) is 1.63. The highest BCUT2D eigenvalue weighted by Crippen LogP contribution is 2.37. The normalized spacial score (nSPS) is 17.7. The van der Waals surface area contributed by atoms with Gasteiger partial charge in [-0.15, -0.1) is 0 Å². The van der Waals surface area contributed by atoms with Crippen molar-refractivity contribution in [3.8, 4) is 0 Å². The fourth-order valence-corrected chi connectivity index (χ4v) is 5.02. The number of halogens is 3. The number of aliphatic hydroxyl groups excluding tert-OH is 1. The SMILES string of the molecule is CC(=O)N[C@@H](Cc1cc(F)cc(F)c1)[C@H](O)CNC1(c2cccc(I)c2)CCCCC1. The van der Waals surface area contributed by atoms with Gasteiger partial charge >= 0.3 is 0 Å². The highest BCUT2D eigenvalue weighted by atomic mass is 127. The predicted molar refractivity (Wildman–Crippen MR) is 126 cm³/mol. The van der Waals surface area contributed by atoms with Crippen molar-refractivity contribution in [1.82, 2.24) is 10.6 Å². The fourth-order valence-electron chi connectivity index (χ4n) is 4.48. The second-order valence-electron chi connectivity index (χ2n) is 8.39. The number of aliphatic hydroxyl groups is 1. The van der Waals surface area contributed by atoms with E-state index in [2.05, 4.69) is 51.4 Å². The molecule has 1 saturated carbocycles. The number of nitrogens with one attached hydrogen (secondary N) is 2. The molecule has 3 rings (SSSR count). The maximum absolute atomic E-state index is 13.6. The van der Waals surface area contributed by atoms with Crippen molar-refractivity contribution in [2.75, 3.05) is 6.54 Å². The molecule has 2 atom stereocenters. The van der Waals surface area contributed by atoms with E-state index in [1.807, 2.05) is 6.07 Å². The number of amides is 1. The molecule has 0 heterocycles. The third kappa shape index (κ3) is 6.70. The van der Waals surface area contributed by atoms with Gasteiger partial charge in [0, 0.05) is 28.6 Å². The molecule has 0 spiro atoms. The zero-order valence-electron chi connectivity index (χ0n) is 17.6. The smallest absolute Gasteiger partial charge is 0.217 e. The van der Waals surface area contributed by atoms with E-state index in [9.17, 15) is 18.7 Å². The van der Waals surface area contributed by atoms with E-state index in [-0.39, 0.29) is 24.4 Å². The van der Waals surface area contributed by atoms with Gasteiger partial charge in [0.25, 0.3) is 0 Å². The molecule has 0 unspecified atom stereocenters. The number of carbonyl (C=O) groups is 1. The van der Waals surface area contributed by atoms with Crippen LogP contribution in [0.5, 0.6) is 0 Å². The van der Waals surface area contributed by atoms with Crippen molar-refractivity contribution in [3.05, 3.63) is 68.8 Å². The van der Waals surface area contributed by atoms with Crippen LogP contribution in [0.2, 0.25) is 0 Å². The van der Waals surface area contributed by atoms with Crippen molar-refractivity contribution in [2.24, 2.45) is 0 Å². The third-order valence-electron chi connectivity index (χ3n) is 5.96. The first-order valence-corrected chi connectivity index (χ1v) is 11.8. The van der Waals surface area contributed by atoms with Crippen LogP contribution in [0.15, 0.2) is 42.5 Å². The topological polar surface area (TPSA) is 61.4 Å². The summed E-state index contributed by atoms with van der Waals surface area (Å²) in [5, 5.41) is 17.3. The van der Waals surface area contributed by atoms with Crippen LogP contribution in [0.3, 0.4) is 0 Å². The molecule has 31 heavy (non-hydrogen) atoms. The summed E-state index contributed by atoms with van der Waals surface area (Å²) in [4.78, 5) is 11.7. The maximum atomic E-state index is 13.6. The lowest BCUT2D eigenvalue weighted by Crippen LogP contribution is -2.53. The van der Waals surface area contributed by atoms with Gasteiger partial charge in [0.15, 0.2) is 0 Å². The average Bonchev–Trinajstić information content (AvgIpc) is 2.71. The van der Waals surface area contributed by atoms with Crippen LogP contribution in [0.25, 0.3) is 0 Å². The molecule has 0 bridgehead atoms. The van der Waals surface area contributed by atoms with Crippen LogP contribution in [-0.4, -0.2) is 29.7 Å². The van der Waals surface area contributed by atoms with Crippen LogP contribution in [-0.2, 0) is 16.8 Å². The molecular formula is C24H29F2IN2O2. The first kappa shape index (κ1) is 24.1. The Morgan fingerprint density at radius 2 is 1.81 bits per heavy atom. The Bertz CT molecular complexity index is 883. The van der Waals surface area contributed by atoms with Gasteiger partial charge in [-0.3, -0.25) is 4.79 Å². The largest absolute Gasteiger partial charge is 0.390 e. The van der Waals surface area contributed by atoms with Crippen molar-refractivity contribution in [1.29, 1.82) is 0 Å². The molecular weight excluding hydrogens is 513 g/mol. The van der Waals surface area contributed by atoms with E-state index in [0.29, 0.717) is 5.56 Å². The molecule has 0 aromatic heterocycles.